The van der Waals surface area contributed by atoms with E-state index in [2.05, 4.69) is 15.4 Å². The van der Waals surface area contributed by atoms with Gasteiger partial charge >= 0.3 is 5.69 Å². The molecule has 0 spiro atoms. The molecular weight excluding hydrogens is 348 g/mol. The number of aromatic nitrogens is 4. The van der Waals surface area contributed by atoms with Gasteiger partial charge in [0.25, 0.3) is 5.91 Å². The maximum absolute atomic E-state index is 12.6. The number of oxazole rings is 1. The molecule has 0 fully saturated rings. The van der Waals surface area contributed by atoms with E-state index in [0.717, 1.165) is 18.8 Å². The molecule has 1 atom stereocenters. The van der Waals surface area contributed by atoms with Crippen molar-refractivity contribution in [3.05, 3.63) is 34.2 Å². The molecule has 1 N–H and O–H groups in total. The largest absolute Gasteiger partial charge is 0.447 e. The molecule has 0 aliphatic carbocycles. The second-order valence-electron chi connectivity index (χ2n) is 7.59. The molecule has 0 bridgehead atoms. The Kier molecular flexibility index (Phi) is 5.79. The summed E-state index contributed by atoms with van der Waals surface area (Å²) in [6, 6.07) is -0.0227. The van der Waals surface area contributed by atoms with E-state index in [1.807, 2.05) is 32.8 Å². The number of rotatable bonds is 6. The number of hydrogen-bond acceptors (Lipinski definition) is 6. The normalized spacial score (nSPS) is 17.2. The van der Waals surface area contributed by atoms with Gasteiger partial charge in [0.2, 0.25) is 0 Å². The van der Waals surface area contributed by atoms with Crippen LogP contribution in [-0.2, 0) is 19.5 Å². The van der Waals surface area contributed by atoms with Crippen LogP contribution in [0.4, 0.5) is 0 Å². The number of likely N-dealkylation sites (N-methyl/N-ethyl adjacent to an activating group) is 1. The van der Waals surface area contributed by atoms with E-state index < -0.39 is 0 Å². The molecule has 1 aliphatic rings. The Bertz CT molecular complexity index is 848. The highest BCUT2D eigenvalue weighted by Gasteiger charge is 2.25. The standard InChI is InChI=1S/C18H28N6O3/c1-12(2)16-15(19-11-27-16)17(25)20-13-5-6-14-21-24(10-9-22(3)4)18(26)23(14)8-7-13/h11-13H,5-10H2,1-4H3,(H,20,25). The molecule has 1 unspecified atom stereocenters. The van der Waals surface area contributed by atoms with Gasteiger partial charge in [-0.15, -0.1) is 0 Å². The average molecular weight is 376 g/mol. The Labute approximate surface area is 158 Å². The lowest BCUT2D eigenvalue weighted by Crippen LogP contribution is -2.36. The molecular formula is C18H28N6O3. The Morgan fingerprint density at radius 1 is 1.41 bits per heavy atom. The summed E-state index contributed by atoms with van der Waals surface area (Å²) in [6.45, 7) is 5.82. The Morgan fingerprint density at radius 3 is 2.89 bits per heavy atom. The van der Waals surface area contributed by atoms with Gasteiger partial charge < -0.3 is 14.6 Å². The highest BCUT2D eigenvalue weighted by Crippen LogP contribution is 2.19. The number of amides is 1. The van der Waals surface area contributed by atoms with E-state index in [9.17, 15) is 9.59 Å². The molecule has 27 heavy (non-hydrogen) atoms. The van der Waals surface area contributed by atoms with Gasteiger partial charge in [0.05, 0.1) is 6.54 Å². The van der Waals surface area contributed by atoms with E-state index in [1.54, 1.807) is 9.25 Å². The fourth-order valence-electron chi connectivity index (χ4n) is 3.30. The molecule has 9 heteroatoms. The van der Waals surface area contributed by atoms with Crippen molar-refractivity contribution in [1.29, 1.82) is 0 Å². The van der Waals surface area contributed by atoms with Gasteiger partial charge in [-0.3, -0.25) is 9.36 Å². The summed E-state index contributed by atoms with van der Waals surface area (Å²) in [7, 11) is 3.94. The SMILES string of the molecule is CC(C)c1ocnc1C(=O)NC1CCc2nn(CCN(C)C)c(=O)n2CC1. The topological polar surface area (TPSA) is 98.2 Å². The second kappa shape index (κ2) is 8.08. The van der Waals surface area contributed by atoms with Crippen molar-refractivity contribution in [2.45, 2.75) is 58.2 Å². The third kappa shape index (κ3) is 4.29. The van der Waals surface area contributed by atoms with Gasteiger partial charge in [0, 0.05) is 31.5 Å². The van der Waals surface area contributed by atoms with E-state index in [0.29, 0.717) is 37.4 Å². The van der Waals surface area contributed by atoms with Crippen LogP contribution in [0.5, 0.6) is 0 Å². The van der Waals surface area contributed by atoms with Crippen molar-refractivity contribution in [1.82, 2.24) is 29.5 Å². The van der Waals surface area contributed by atoms with E-state index >= 15 is 0 Å². The van der Waals surface area contributed by atoms with Gasteiger partial charge in [0.15, 0.2) is 12.1 Å². The molecule has 0 radical (unpaired) electrons. The summed E-state index contributed by atoms with van der Waals surface area (Å²) in [6.07, 6.45) is 3.39. The van der Waals surface area contributed by atoms with Crippen LogP contribution in [0.1, 0.15) is 54.7 Å². The van der Waals surface area contributed by atoms with E-state index in [4.69, 9.17) is 4.42 Å². The molecule has 9 nitrogen and oxygen atoms in total. The first-order valence-electron chi connectivity index (χ1n) is 9.42. The van der Waals surface area contributed by atoms with Crippen LogP contribution < -0.4 is 11.0 Å². The average Bonchev–Trinajstić information content (AvgIpc) is 3.16. The summed E-state index contributed by atoms with van der Waals surface area (Å²) in [5.41, 5.74) is 0.274. The first-order chi connectivity index (χ1) is 12.9. The van der Waals surface area contributed by atoms with Crippen molar-refractivity contribution < 1.29 is 9.21 Å². The fourth-order valence-corrected chi connectivity index (χ4v) is 3.30. The third-order valence-electron chi connectivity index (χ3n) is 4.85. The molecule has 2 aromatic heterocycles. The first kappa shape index (κ1) is 19.3. The monoisotopic (exact) mass is 376 g/mol. The zero-order chi connectivity index (χ0) is 19.6. The fraction of sp³-hybridized carbons (Fsp3) is 0.667. The molecule has 0 saturated carbocycles. The minimum Gasteiger partial charge on any atom is -0.447 e. The minimum absolute atomic E-state index is 0.0227. The number of nitrogens with zero attached hydrogens (tertiary/aromatic N) is 5. The number of carbonyl (C=O) groups is 1. The summed E-state index contributed by atoms with van der Waals surface area (Å²) in [4.78, 5) is 31.2. The number of hydrogen-bond donors (Lipinski definition) is 1. The van der Waals surface area contributed by atoms with E-state index in [-0.39, 0.29) is 23.6 Å². The molecule has 0 saturated heterocycles. The van der Waals surface area contributed by atoms with Crippen LogP contribution in [0.15, 0.2) is 15.6 Å². The lowest BCUT2D eigenvalue weighted by Gasteiger charge is -2.16. The summed E-state index contributed by atoms with van der Waals surface area (Å²) in [5, 5.41) is 7.52. The van der Waals surface area contributed by atoms with Crippen molar-refractivity contribution in [3.63, 3.8) is 0 Å². The molecule has 3 rings (SSSR count). The minimum atomic E-state index is -0.222. The van der Waals surface area contributed by atoms with Crippen LogP contribution in [-0.4, -0.2) is 56.8 Å². The Balaban J connectivity index is 1.64. The molecule has 3 heterocycles. The van der Waals surface area contributed by atoms with Crippen molar-refractivity contribution in [3.8, 4) is 0 Å². The van der Waals surface area contributed by atoms with Crippen LogP contribution in [0, 0.1) is 0 Å². The van der Waals surface area contributed by atoms with Crippen LogP contribution >= 0.6 is 0 Å². The number of carbonyl (C=O) groups excluding carboxylic acids is 1. The van der Waals surface area contributed by atoms with Crippen molar-refractivity contribution >= 4 is 5.91 Å². The number of aryl methyl sites for hydroxylation is 1. The van der Waals surface area contributed by atoms with E-state index in [1.165, 1.54) is 6.39 Å². The smallest absolute Gasteiger partial charge is 0.345 e. The first-order valence-corrected chi connectivity index (χ1v) is 9.42. The lowest BCUT2D eigenvalue weighted by atomic mass is 10.1. The maximum atomic E-state index is 12.6. The Morgan fingerprint density at radius 2 is 2.19 bits per heavy atom. The third-order valence-corrected chi connectivity index (χ3v) is 4.85. The van der Waals surface area contributed by atoms with Crippen LogP contribution in [0.2, 0.25) is 0 Å². The van der Waals surface area contributed by atoms with Crippen LogP contribution in [0.3, 0.4) is 0 Å². The molecule has 1 aliphatic heterocycles. The van der Waals surface area contributed by atoms with Crippen LogP contribution in [0.25, 0.3) is 0 Å². The van der Waals surface area contributed by atoms with Gasteiger partial charge in [-0.25, -0.2) is 14.5 Å². The predicted octanol–water partition coefficient (Wildman–Crippen LogP) is 0.853. The molecule has 0 aromatic carbocycles. The molecule has 2 aromatic rings. The quantitative estimate of drug-likeness (QED) is 0.803. The summed E-state index contributed by atoms with van der Waals surface area (Å²) < 4.78 is 8.61. The van der Waals surface area contributed by atoms with Gasteiger partial charge in [0.1, 0.15) is 11.6 Å². The van der Waals surface area contributed by atoms with Crippen molar-refractivity contribution in [2.24, 2.45) is 0 Å². The maximum Gasteiger partial charge on any atom is 0.345 e. The summed E-state index contributed by atoms with van der Waals surface area (Å²) >= 11 is 0. The zero-order valence-electron chi connectivity index (χ0n) is 16.4. The summed E-state index contributed by atoms with van der Waals surface area (Å²) in [5.74, 6) is 1.26. The zero-order valence-corrected chi connectivity index (χ0v) is 16.4. The number of nitrogens with one attached hydrogen (secondary N) is 1. The molecule has 148 valence electrons. The lowest BCUT2D eigenvalue weighted by molar-refractivity contribution is 0.0926. The molecule has 1 amide bonds. The number of fused-ring (bicyclic) bond motifs is 1. The second-order valence-corrected chi connectivity index (χ2v) is 7.59. The van der Waals surface area contributed by atoms with Gasteiger partial charge in [-0.05, 0) is 26.9 Å². The van der Waals surface area contributed by atoms with Crippen molar-refractivity contribution in [2.75, 3.05) is 20.6 Å². The Hall–Kier alpha value is -2.42. The van der Waals surface area contributed by atoms with Gasteiger partial charge in [-0.1, -0.05) is 13.8 Å². The highest BCUT2D eigenvalue weighted by atomic mass is 16.3. The highest BCUT2D eigenvalue weighted by molar-refractivity contribution is 5.93. The predicted molar refractivity (Wildman–Crippen MR) is 99.8 cm³/mol. The van der Waals surface area contributed by atoms with Gasteiger partial charge in [-0.2, -0.15) is 5.10 Å².